The summed E-state index contributed by atoms with van der Waals surface area (Å²) in [5.41, 5.74) is 4.61. The van der Waals surface area contributed by atoms with Gasteiger partial charge in [0.15, 0.2) is 0 Å². The van der Waals surface area contributed by atoms with Crippen molar-refractivity contribution in [3.05, 3.63) is 59.9 Å². The lowest BCUT2D eigenvalue weighted by molar-refractivity contribution is 0.857. The van der Waals surface area contributed by atoms with E-state index in [1.165, 1.54) is 10.9 Å². The number of hydrogen-bond acceptors (Lipinski definition) is 0. The lowest BCUT2D eigenvalue weighted by atomic mass is 10.0. The standard InChI is InChI=1S/C14H15P/c1-14(2,12-8-6-7-9-12)15-13-10-4-3-5-11-13/h3-8,10-11,15H,1-2H3. The van der Waals surface area contributed by atoms with Crippen LogP contribution in [0.3, 0.4) is 0 Å². The molecule has 15 heavy (non-hydrogen) atoms. The molecule has 1 aliphatic carbocycles. The molecule has 76 valence electrons. The molecule has 0 heterocycles. The van der Waals surface area contributed by atoms with E-state index in [1.54, 1.807) is 0 Å². The Morgan fingerprint density at radius 1 is 1.13 bits per heavy atom. The quantitative estimate of drug-likeness (QED) is 0.534. The molecular weight excluding hydrogens is 199 g/mol. The van der Waals surface area contributed by atoms with Crippen molar-refractivity contribution in [2.24, 2.45) is 0 Å². The van der Waals surface area contributed by atoms with Crippen LogP contribution in [-0.4, -0.2) is 5.16 Å². The number of hydrogen-bond donors (Lipinski definition) is 0. The first-order valence-corrected chi connectivity index (χ1v) is 6.15. The van der Waals surface area contributed by atoms with E-state index in [2.05, 4.69) is 62.1 Å². The molecule has 0 fully saturated rings. The summed E-state index contributed by atoms with van der Waals surface area (Å²) < 4.78 is 0. The summed E-state index contributed by atoms with van der Waals surface area (Å²) in [5, 5.41) is 1.61. The zero-order valence-corrected chi connectivity index (χ0v) is 10.1. The van der Waals surface area contributed by atoms with Crippen LogP contribution in [0, 0.1) is 0 Å². The molecule has 1 atom stereocenters. The first-order valence-electron chi connectivity index (χ1n) is 5.15. The first kappa shape index (κ1) is 10.4. The van der Waals surface area contributed by atoms with Crippen molar-refractivity contribution in [3.63, 3.8) is 0 Å². The normalized spacial score (nSPS) is 15.2. The highest BCUT2D eigenvalue weighted by Crippen LogP contribution is 2.38. The third-order valence-electron chi connectivity index (χ3n) is 2.50. The Morgan fingerprint density at radius 3 is 2.47 bits per heavy atom. The van der Waals surface area contributed by atoms with Crippen LogP contribution in [0.25, 0.3) is 0 Å². The van der Waals surface area contributed by atoms with E-state index >= 15 is 0 Å². The van der Waals surface area contributed by atoms with Gasteiger partial charge in [-0.05, 0) is 17.5 Å². The fourth-order valence-electron chi connectivity index (χ4n) is 1.67. The van der Waals surface area contributed by atoms with Gasteiger partial charge in [-0.1, -0.05) is 58.8 Å². The number of benzene rings is 1. The van der Waals surface area contributed by atoms with Crippen molar-refractivity contribution >= 4 is 13.9 Å². The summed E-state index contributed by atoms with van der Waals surface area (Å²) in [6, 6.07) is 10.7. The van der Waals surface area contributed by atoms with Crippen molar-refractivity contribution in [1.82, 2.24) is 0 Å². The van der Waals surface area contributed by atoms with E-state index in [0.717, 1.165) is 8.58 Å². The lowest BCUT2D eigenvalue weighted by Gasteiger charge is -2.24. The lowest BCUT2D eigenvalue weighted by Crippen LogP contribution is -2.18. The Bertz CT molecular complexity index is 432. The Hall–Kier alpha value is -1.09. The average molecular weight is 214 g/mol. The summed E-state index contributed by atoms with van der Waals surface area (Å²) in [5.74, 6) is 0. The van der Waals surface area contributed by atoms with Gasteiger partial charge in [-0.2, -0.15) is 0 Å². The van der Waals surface area contributed by atoms with Crippen molar-refractivity contribution in [1.29, 1.82) is 0 Å². The molecule has 0 saturated carbocycles. The molecular formula is C14H15P. The van der Waals surface area contributed by atoms with E-state index in [9.17, 15) is 0 Å². The smallest absolute Gasteiger partial charge is 0.0184 e. The second-order valence-corrected chi connectivity index (χ2v) is 6.28. The van der Waals surface area contributed by atoms with Gasteiger partial charge >= 0.3 is 0 Å². The molecule has 0 aromatic heterocycles. The van der Waals surface area contributed by atoms with Gasteiger partial charge in [0.1, 0.15) is 0 Å². The summed E-state index contributed by atoms with van der Waals surface area (Å²) in [4.78, 5) is 0. The Balaban J connectivity index is 2.18. The van der Waals surface area contributed by atoms with E-state index in [-0.39, 0.29) is 5.16 Å². The van der Waals surface area contributed by atoms with E-state index < -0.39 is 0 Å². The Morgan fingerprint density at radius 2 is 1.87 bits per heavy atom. The molecule has 0 aliphatic heterocycles. The minimum Gasteiger partial charge on any atom is -0.116 e. The first-order chi connectivity index (χ1) is 7.18. The van der Waals surface area contributed by atoms with Crippen molar-refractivity contribution < 1.29 is 0 Å². The van der Waals surface area contributed by atoms with E-state index in [4.69, 9.17) is 0 Å². The summed E-state index contributed by atoms with van der Waals surface area (Å²) in [6.07, 6.45) is 6.22. The zero-order valence-electron chi connectivity index (χ0n) is 9.12. The molecule has 0 amide bonds. The van der Waals surface area contributed by atoms with Crippen LogP contribution in [0.1, 0.15) is 13.8 Å². The van der Waals surface area contributed by atoms with Crippen LogP contribution >= 0.6 is 8.58 Å². The summed E-state index contributed by atoms with van der Waals surface area (Å²) >= 11 is 0. The highest BCUT2D eigenvalue weighted by atomic mass is 31.1. The van der Waals surface area contributed by atoms with Gasteiger partial charge in [-0.25, -0.2) is 0 Å². The van der Waals surface area contributed by atoms with Crippen LogP contribution in [0.15, 0.2) is 59.9 Å². The Kier molecular flexibility index (Phi) is 2.91. The van der Waals surface area contributed by atoms with Crippen LogP contribution in [0.2, 0.25) is 0 Å². The fourth-order valence-corrected chi connectivity index (χ4v) is 3.04. The van der Waals surface area contributed by atoms with Gasteiger partial charge in [0.05, 0.1) is 0 Å². The molecule has 0 spiro atoms. The van der Waals surface area contributed by atoms with Crippen molar-refractivity contribution in [2.45, 2.75) is 19.0 Å². The minimum atomic E-state index is 0.199. The van der Waals surface area contributed by atoms with Crippen molar-refractivity contribution in [3.8, 4) is 0 Å². The third-order valence-corrected chi connectivity index (χ3v) is 4.02. The summed E-state index contributed by atoms with van der Waals surface area (Å²) in [6.45, 7) is 4.56. The predicted octanol–water partition coefficient (Wildman–Crippen LogP) is 3.42. The average Bonchev–Trinajstić information content (AvgIpc) is 2.71. The SMILES string of the molecule is CC(C)(Pc1ccccc1)C1=C=CC=C1. The van der Waals surface area contributed by atoms with Gasteiger partial charge in [0.2, 0.25) is 0 Å². The predicted molar refractivity (Wildman–Crippen MR) is 69.2 cm³/mol. The van der Waals surface area contributed by atoms with Gasteiger partial charge in [0.25, 0.3) is 0 Å². The molecule has 1 aromatic carbocycles. The molecule has 1 unspecified atom stereocenters. The molecule has 0 radical (unpaired) electrons. The second-order valence-electron chi connectivity index (χ2n) is 4.20. The van der Waals surface area contributed by atoms with Gasteiger partial charge in [-0.15, -0.1) is 5.73 Å². The maximum Gasteiger partial charge on any atom is 0.0184 e. The minimum absolute atomic E-state index is 0.199. The van der Waals surface area contributed by atoms with Gasteiger partial charge in [-0.3, -0.25) is 0 Å². The number of allylic oxidation sites excluding steroid dienone is 3. The molecule has 1 aliphatic rings. The third kappa shape index (κ3) is 2.48. The highest BCUT2D eigenvalue weighted by molar-refractivity contribution is 7.49. The molecule has 0 N–H and O–H groups in total. The van der Waals surface area contributed by atoms with Crippen LogP contribution < -0.4 is 5.30 Å². The maximum absolute atomic E-state index is 3.30. The molecule has 2 rings (SSSR count). The van der Waals surface area contributed by atoms with Gasteiger partial charge in [0, 0.05) is 10.7 Å². The molecule has 0 bridgehead atoms. The second kappa shape index (κ2) is 4.19. The molecule has 1 heteroatoms. The molecule has 1 aromatic rings. The van der Waals surface area contributed by atoms with Crippen LogP contribution in [0.4, 0.5) is 0 Å². The number of rotatable bonds is 3. The molecule has 0 nitrogen and oxygen atoms in total. The topological polar surface area (TPSA) is 0 Å². The fraction of sp³-hybridized carbons (Fsp3) is 0.214. The largest absolute Gasteiger partial charge is 0.116 e. The summed E-state index contributed by atoms with van der Waals surface area (Å²) in [7, 11) is 0.794. The molecule has 0 saturated heterocycles. The van der Waals surface area contributed by atoms with E-state index in [1.807, 2.05) is 6.08 Å². The highest BCUT2D eigenvalue weighted by Gasteiger charge is 2.22. The monoisotopic (exact) mass is 214 g/mol. The Labute approximate surface area is 93.2 Å². The van der Waals surface area contributed by atoms with Crippen LogP contribution in [0.5, 0.6) is 0 Å². The van der Waals surface area contributed by atoms with Gasteiger partial charge < -0.3 is 0 Å². The van der Waals surface area contributed by atoms with E-state index in [0.29, 0.717) is 0 Å². The van der Waals surface area contributed by atoms with Crippen molar-refractivity contribution in [2.75, 3.05) is 0 Å². The maximum atomic E-state index is 3.30. The zero-order chi connectivity index (χ0) is 10.7. The van der Waals surface area contributed by atoms with Crippen LogP contribution in [-0.2, 0) is 0 Å².